The minimum absolute atomic E-state index is 0.112. The van der Waals surface area contributed by atoms with Crippen molar-refractivity contribution < 1.29 is 19.4 Å². The molecule has 3 aromatic rings. The molecule has 5 rings (SSSR count). The summed E-state index contributed by atoms with van der Waals surface area (Å²) in [4.78, 5) is 11.7. The Bertz CT molecular complexity index is 1320. The van der Waals surface area contributed by atoms with E-state index in [1.54, 1.807) is 7.11 Å². The quantitative estimate of drug-likeness (QED) is 0.344. The van der Waals surface area contributed by atoms with Crippen molar-refractivity contribution in [2.45, 2.75) is 64.6 Å². The Labute approximate surface area is 224 Å². The van der Waals surface area contributed by atoms with E-state index < -0.39 is 5.97 Å². The second-order valence-electron chi connectivity index (χ2n) is 11.6. The van der Waals surface area contributed by atoms with Gasteiger partial charge in [-0.05, 0) is 94.8 Å². The number of carboxylic acids is 1. The molecule has 0 aliphatic heterocycles. The molecule has 1 fully saturated rings. The normalized spacial score (nSPS) is 21.4. The van der Waals surface area contributed by atoms with Gasteiger partial charge < -0.3 is 14.6 Å². The lowest BCUT2D eigenvalue weighted by molar-refractivity contribution is -0.139. The van der Waals surface area contributed by atoms with Gasteiger partial charge in [0.25, 0.3) is 0 Å². The number of ether oxygens (including phenoxy) is 2. The first-order valence-electron chi connectivity index (χ1n) is 13.0. The third-order valence-corrected chi connectivity index (χ3v) is 8.26. The molecule has 1 spiro atoms. The van der Waals surface area contributed by atoms with Gasteiger partial charge in [-0.2, -0.15) is 0 Å². The molecule has 2 aliphatic rings. The van der Waals surface area contributed by atoms with Crippen LogP contribution in [0.15, 0.2) is 60.7 Å². The predicted octanol–water partition coefficient (Wildman–Crippen LogP) is 8.00. The molecule has 0 amide bonds. The molecule has 0 saturated heterocycles. The second kappa shape index (κ2) is 9.81. The lowest BCUT2D eigenvalue weighted by atomic mass is 9.78. The number of carbonyl (C=O) groups is 1. The average Bonchev–Trinajstić information content (AvgIpc) is 3.58. The topological polar surface area (TPSA) is 55.8 Å². The molecule has 0 radical (unpaired) electrons. The van der Waals surface area contributed by atoms with Crippen LogP contribution in [-0.2, 0) is 28.0 Å². The second-order valence-corrected chi connectivity index (χ2v) is 12.1. The average molecular weight is 519 g/mol. The van der Waals surface area contributed by atoms with E-state index in [1.165, 1.54) is 11.1 Å². The van der Waals surface area contributed by atoms with Crippen molar-refractivity contribution in [1.29, 1.82) is 0 Å². The number of aryl methyl sites for hydroxylation is 1. The number of halogens is 1. The van der Waals surface area contributed by atoms with Crippen molar-refractivity contribution >= 4 is 17.6 Å². The van der Waals surface area contributed by atoms with Crippen molar-refractivity contribution in [2.24, 2.45) is 11.3 Å². The Kier molecular flexibility index (Phi) is 6.84. The van der Waals surface area contributed by atoms with E-state index in [0.717, 1.165) is 53.7 Å². The molecular weight excluding hydrogens is 484 g/mol. The molecule has 194 valence electrons. The Morgan fingerprint density at radius 1 is 1.14 bits per heavy atom. The van der Waals surface area contributed by atoms with Gasteiger partial charge in [-0.3, -0.25) is 4.79 Å². The lowest BCUT2D eigenvalue weighted by Gasteiger charge is -2.32. The van der Waals surface area contributed by atoms with Crippen LogP contribution in [-0.4, -0.2) is 18.2 Å². The Balaban J connectivity index is 1.44. The molecule has 37 heavy (non-hydrogen) atoms. The van der Waals surface area contributed by atoms with Crippen LogP contribution in [0.25, 0.3) is 11.1 Å². The molecule has 0 heterocycles. The highest BCUT2D eigenvalue weighted by atomic mass is 35.5. The van der Waals surface area contributed by atoms with Crippen LogP contribution in [0.3, 0.4) is 0 Å². The van der Waals surface area contributed by atoms with Crippen LogP contribution < -0.4 is 4.74 Å². The molecule has 3 atom stereocenters. The zero-order valence-corrected chi connectivity index (χ0v) is 22.8. The van der Waals surface area contributed by atoms with Gasteiger partial charge in [0.2, 0.25) is 0 Å². The number of methoxy groups -OCH3 is 1. The van der Waals surface area contributed by atoms with Gasteiger partial charge in [0.1, 0.15) is 12.4 Å². The van der Waals surface area contributed by atoms with Gasteiger partial charge >= 0.3 is 5.97 Å². The first kappa shape index (κ1) is 25.8. The summed E-state index contributed by atoms with van der Waals surface area (Å²) in [5.41, 5.74) is 6.43. The number of carboxylic acid groups (broad SMARTS) is 1. The molecule has 0 aromatic heterocycles. The van der Waals surface area contributed by atoms with Gasteiger partial charge in [0, 0.05) is 17.5 Å². The smallest absolute Gasteiger partial charge is 0.307 e. The largest absolute Gasteiger partial charge is 0.489 e. The number of rotatable bonds is 7. The Morgan fingerprint density at radius 2 is 1.95 bits per heavy atom. The summed E-state index contributed by atoms with van der Waals surface area (Å²) in [7, 11) is 1.76. The van der Waals surface area contributed by atoms with Gasteiger partial charge in [0.15, 0.2) is 0 Å². The van der Waals surface area contributed by atoms with Gasteiger partial charge in [-0.1, -0.05) is 62.7 Å². The minimum Gasteiger partial charge on any atom is -0.489 e. The standard InChI is InChI=1S/C32H35ClO4/c1-31(2,3)29(36-4)26-15-20(10-13-25(26)22-7-5-9-23(33)16-22)19-37-24-12-11-21-8-6-14-32(27(21)17-24)18-28(32)30(34)35/h5,7,9-13,15-17,28-29H,6,8,14,18-19H2,1-4H3,(H,34,35)/t28-,29-,32-/m1/s1. The SMILES string of the molecule is CO[C@H](c1cc(COc2ccc3c(c2)[C@@]2(CCC3)C[C@@H]2C(=O)O)ccc1-c1cccc(Cl)c1)C(C)(C)C. The van der Waals surface area contributed by atoms with Gasteiger partial charge in [0.05, 0.1) is 12.0 Å². The summed E-state index contributed by atoms with van der Waals surface area (Å²) < 4.78 is 12.3. The summed E-state index contributed by atoms with van der Waals surface area (Å²) in [6, 6.07) is 20.5. The molecule has 2 aliphatic carbocycles. The van der Waals surface area contributed by atoms with Crippen LogP contribution in [0, 0.1) is 11.3 Å². The van der Waals surface area contributed by atoms with Crippen molar-refractivity contribution in [2.75, 3.05) is 7.11 Å². The Morgan fingerprint density at radius 3 is 2.62 bits per heavy atom. The first-order valence-corrected chi connectivity index (χ1v) is 13.4. The molecule has 5 heteroatoms. The minimum atomic E-state index is -0.682. The highest BCUT2D eigenvalue weighted by Crippen LogP contribution is 2.60. The Hall–Kier alpha value is -2.82. The summed E-state index contributed by atoms with van der Waals surface area (Å²) >= 11 is 6.32. The van der Waals surface area contributed by atoms with E-state index in [-0.39, 0.29) is 22.9 Å². The fourth-order valence-electron chi connectivity index (χ4n) is 6.21. The first-order chi connectivity index (χ1) is 17.6. The summed E-state index contributed by atoms with van der Waals surface area (Å²) in [5, 5.41) is 10.3. The van der Waals surface area contributed by atoms with Crippen LogP contribution >= 0.6 is 11.6 Å². The zero-order chi connectivity index (χ0) is 26.4. The number of benzene rings is 3. The third kappa shape index (κ3) is 5.02. The molecule has 0 unspecified atom stereocenters. The van der Waals surface area contributed by atoms with Crippen molar-refractivity contribution in [3.05, 3.63) is 87.9 Å². The molecule has 1 saturated carbocycles. The van der Waals surface area contributed by atoms with E-state index in [2.05, 4.69) is 57.2 Å². The fourth-order valence-corrected chi connectivity index (χ4v) is 6.40. The van der Waals surface area contributed by atoms with Crippen LogP contribution in [0.1, 0.15) is 68.4 Å². The molecule has 1 N–H and O–H groups in total. The maximum Gasteiger partial charge on any atom is 0.307 e. The fraction of sp³-hybridized carbons (Fsp3) is 0.406. The summed E-state index contributed by atoms with van der Waals surface area (Å²) in [6.45, 7) is 6.95. The lowest BCUT2D eigenvalue weighted by Crippen LogP contribution is -2.21. The third-order valence-electron chi connectivity index (χ3n) is 8.02. The van der Waals surface area contributed by atoms with Gasteiger partial charge in [-0.25, -0.2) is 0 Å². The summed E-state index contributed by atoms with van der Waals surface area (Å²) in [6.07, 6.45) is 3.61. The number of fused-ring (bicyclic) bond motifs is 2. The van der Waals surface area contributed by atoms with Crippen molar-refractivity contribution in [3.8, 4) is 16.9 Å². The monoisotopic (exact) mass is 518 g/mol. The van der Waals surface area contributed by atoms with Crippen molar-refractivity contribution in [3.63, 3.8) is 0 Å². The molecule has 0 bridgehead atoms. The summed E-state index contributed by atoms with van der Waals surface area (Å²) in [5.74, 6) is -0.166. The predicted molar refractivity (Wildman–Crippen MR) is 147 cm³/mol. The van der Waals surface area contributed by atoms with Gasteiger partial charge in [-0.15, -0.1) is 0 Å². The zero-order valence-electron chi connectivity index (χ0n) is 22.0. The maximum atomic E-state index is 11.7. The molecule has 4 nitrogen and oxygen atoms in total. The molecule has 3 aromatic carbocycles. The van der Waals surface area contributed by atoms with E-state index in [9.17, 15) is 9.90 Å². The van der Waals surface area contributed by atoms with E-state index in [0.29, 0.717) is 11.6 Å². The maximum absolute atomic E-state index is 11.7. The number of hydrogen-bond donors (Lipinski definition) is 1. The van der Waals surface area contributed by atoms with Crippen molar-refractivity contribution in [1.82, 2.24) is 0 Å². The van der Waals surface area contributed by atoms with Crippen LogP contribution in [0.2, 0.25) is 5.02 Å². The molecular formula is C32H35ClO4. The van der Waals surface area contributed by atoms with E-state index >= 15 is 0 Å². The number of hydrogen-bond acceptors (Lipinski definition) is 3. The van der Waals surface area contributed by atoms with E-state index in [4.69, 9.17) is 21.1 Å². The van der Waals surface area contributed by atoms with Crippen LogP contribution in [0.4, 0.5) is 0 Å². The highest BCUT2D eigenvalue weighted by Gasteiger charge is 2.60. The van der Waals surface area contributed by atoms with E-state index in [1.807, 2.05) is 24.3 Å². The highest BCUT2D eigenvalue weighted by molar-refractivity contribution is 6.30. The number of aliphatic carboxylic acids is 1. The van der Waals surface area contributed by atoms with Crippen LogP contribution in [0.5, 0.6) is 5.75 Å².